The molecule has 4 N–H and O–H groups in total. The van der Waals surface area contributed by atoms with Crippen molar-refractivity contribution >= 4 is 39.5 Å². The minimum Gasteiger partial charge on any atom is -0.467 e. The number of methoxy groups -OCH3 is 1. The van der Waals surface area contributed by atoms with Crippen molar-refractivity contribution in [3.05, 3.63) is 48.0 Å². The van der Waals surface area contributed by atoms with Crippen LogP contribution >= 0.6 is 0 Å². The quantitative estimate of drug-likeness (QED) is 0.394. The Morgan fingerprint density at radius 3 is 2.76 bits per heavy atom. The zero-order valence-electron chi connectivity index (χ0n) is 19.4. The predicted molar refractivity (Wildman–Crippen MR) is 130 cm³/mol. The van der Waals surface area contributed by atoms with Crippen LogP contribution in [0.5, 0.6) is 6.01 Å². The molecule has 0 bridgehead atoms. The van der Waals surface area contributed by atoms with Crippen molar-refractivity contribution in [1.29, 1.82) is 0 Å². The molecule has 0 aliphatic heterocycles. The van der Waals surface area contributed by atoms with Crippen LogP contribution in [-0.2, 0) is 0 Å². The van der Waals surface area contributed by atoms with Crippen molar-refractivity contribution < 1.29 is 9.53 Å². The van der Waals surface area contributed by atoms with Crippen LogP contribution < -0.4 is 26.0 Å². The molecular weight excluding hydrogens is 420 g/mol. The summed E-state index contributed by atoms with van der Waals surface area (Å²) in [5, 5.41) is 7.00. The molecule has 1 aromatic carbocycles. The molecule has 172 valence electrons. The van der Waals surface area contributed by atoms with E-state index in [1.54, 1.807) is 12.3 Å². The number of hydrogen-bond acceptors (Lipinski definition) is 8. The van der Waals surface area contributed by atoms with E-state index in [2.05, 4.69) is 25.6 Å². The van der Waals surface area contributed by atoms with Gasteiger partial charge in [0.2, 0.25) is 0 Å². The number of benzene rings is 1. The molecule has 0 saturated heterocycles. The molecule has 0 radical (unpaired) electrons. The Balaban J connectivity index is 1.74. The van der Waals surface area contributed by atoms with Gasteiger partial charge in [-0.3, -0.25) is 4.79 Å². The highest BCUT2D eigenvalue weighted by molar-refractivity contribution is 6.14. The average molecular weight is 449 g/mol. The summed E-state index contributed by atoms with van der Waals surface area (Å²) in [5.41, 5.74) is 10.8. The van der Waals surface area contributed by atoms with Crippen molar-refractivity contribution in [2.75, 3.05) is 43.3 Å². The number of ether oxygens (including phenoxy) is 1. The topological polar surface area (TPSA) is 123 Å². The number of aromatic nitrogens is 4. The minimum absolute atomic E-state index is 0.0326. The first-order valence-corrected chi connectivity index (χ1v) is 10.6. The summed E-state index contributed by atoms with van der Waals surface area (Å²) in [5.74, 6) is -0.291. The molecule has 10 nitrogen and oxygen atoms in total. The van der Waals surface area contributed by atoms with Gasteiger partial charge in [0.05, 0.1) is 35.3 Å². The van der Waals surface area contributed by atoms with E-state index in [9.17, 15) is 4.79 Å². The van der Waals surface area contributed by atoms with Crippen LogP contribution in [0, 0.1) is 6.92 Å². The summed E-state index contributed by atoms with van der Waals surface area (Å²) in [4.78, 5) is 28.5. The number of hydrogen-bond donors (Lipinski definition) is 3. The van der Waals surface area contributed by atoms with Crippen LogP contribution in [-0.4, -0.2) is 59.1 Å². The summed E-state index contributed by atoms with van der Waals surface area (Å²) in [7, 11) is 5.37. The minimum atomic E-state index is -0.291. The largest absolute Gasteiger partial charge is 0.467 e. The third-order valence-corrected chi connectivity index (χ3v) is 5.16. The van der Waals surface area contributed by atoms with Gasteiger partial charge in [0.1, 0.15) is 0 Å². The average Bonchev–Trinajstić information content (AvgIpc) is 3.15. The Bertz CT molecular complexity index is 1330. The van der Waals surface area contributed by atoms with Crippen LogP contribution in [0.3, 0.4) is 0 Å². The van der Waals surface area contributed by atoms with Crippen LogP contribution in [0.15, 0.2) is 36.8 Å². The maximum Gasteiger partial charge on any atom is 0.316 e. The molecule has 0 aliphatic rings. The summed E-state index contributed by atoms with van der Waals surface area (Å²) in [6.07, 6.45) is 5.41. The second-order valence-electron chi connectivity index (χ2n) is 8.21. The molecule has 4 aromatic rings. The van der Waals surface area contributed by atoms with Gasteiger partial charge in [-0.05, 0) is 32.0 Å². The van der Waals surface area contributed by atoms with E-state index in [0.29, 0.717) is 28.7 Å². The number of nitrogens with two attached hydrogens (primary N) is 1. The first kappa shape index (κ1) is 22.3. The maximum atomic E-state index is 13.3. The Morgan fingerprint density at radius 2 is 2.06 bits per heavy atom. The zero-order chi connectivity index (χ0) is 23.7. The number of amides is 1. The third-order valence-electron chi connectivity index (χ3n) is 5.16. The monoisotopic (exact) mass is 448 g/mol. The normalized spacial score (nSPS) is 12.1. The van der Waals surface area contributed by atoms with E-state index in [1.165, 1.54) is 7.11 Å². The van der Waals surface area contributed by atoms with Gasteiger partial charge in [-0.2, -0.15) is 4.98 Å². The van der Waals surface area contributed by atoms with Gasteiger partial charge in [0.15, 0.2) is 5.65 Å². The van der Waals surface area contributed by atoms with Crippen molar-refractivity contribution in [2.45, 2.75) is 19.9 Å². The fourth-order valence-corrected chi connectivity index (χ4v) is 3.61. The summed E-state index contributed by atoms with van der Waals surface area (Å²) in [6, 6.07) is 5.63. The lowest BCUT2D eigenvalue weighted by Crippen LogP contribution is -2.25. The van der Waals surface area contributed by atoms with Gasteiger partial charge in [0, 0.05) is 56.3 Å². The van der Waals surface area contributed by atoms with Crippen molar-refractivity contribution in [1.82, 2.24) is 19.4 Å². The number of fused-ring (bicyclic) bond motifs is 2. The second kappa shape index (κ2) is 8.91. The van der Waals surface area contributed by atoms with Gasteiger partial charge in [0.25, 0.3) is 5.91 Å². The van der Waals surface area contributed by atoms with E-state index in [0.717, 1.165) is 22.7 Å². The van der Waals surface area contributed by atoms with Crippen molar-refractivity contribution in [3.8, 4) is 6.01 Å². The number of imidazole rings is 1. The smallest absolute Gasteiger partial charge is 0.316 e. The molecule has 1 atom stereocenters. The zero-order valence-corrected chi connectivity index (χ0v) is 19.4. The van der Waals surface area contributed by atoms with Crippen molar-refractivity contribution in [2.24, 2.45) is 5.73 Å². The third kappa shape index (κ3) is 4.51. The van der Waals surface area contributed by atoms with E-state index in [4.69, 9.17) is 10.5 Å². The number of carbonyl (C=O) groups is 1. The Kier molecular flexibility index (Phi) is 6.01. The maximum absolute atomic E-state index is 13.3. The molecule has 1 amide bonds. The lowest BCUT2D eigenvalue weighted by atomic mass is 10.1. The van der Waals surface area contributed by atoms with Gasteiger partial charge >= 0.3 is 6.01 Å². The summed E-state index contributed by atoms with van der Waals surface area (Å²) in [6.45, 7) is 4.42. The van der Waals surface area contributed by atoms with Gasteiger partial charge in [-0.15, -0.1) is 0 Å². The fraction of sp³-hybridized carbons (Fsp3) is 0.304. The Hall–Kier alpha value is -3.92. The number of anilines is 3. The van der Waals surface area contributed by atoms with E-state index in [1.807, 2.05) is 61.8 Å². The van der Waals surface area contributed by atoms with Gasteiger partial charge in [-0.25, -0.2) is 9.97 Å². The number of aryl methyl sites for hydroxylation is 1. The number of pyridine rings is 1. The van der Waals surface area contributed by atoms with Crippen LogP contribution in [0.1, 0.15) is 23.0 Å². The van der Waals surface area contributed by atoms with E-state index in [-0.39, 0.29) is 18.0 Å². The summed E-state index contributed by atoms with van der Waals surface area (Å²) >= 11 is 0. The second-order valence-corrected chi connectivity index (χ2v) is 8.21. The molecule has 0 aliphatic carbocycles. The highest BCUT2D eigenvalue weighted by atomic mass is 16.5. The van der Waals surface area contributed by atoms with Crippen molar-refractivity contribution in [3.63, 3.8) is 0 Å². The standard InChI is InChI=1S/C23H28N8O2/c1-13(24)9-25-18-7-6-16(20-17(18)10-26-23(29-20)33-5)22(32)28-15-8-19(30(3)4)21-27-14(2)11-31(21)12-15/h6-8,10-13,25H,9,24H2,1-5H3,(H,28,32)/t13-/m0/s1. The van der Waals surface area contributed by atoms with Gasteiger partial charge < -0.3 is 30.4 Å². The fourth-order valence-electron chi connectivity index (χ4n) is 3.61. The van der Waals surface area contributed by atoms with E-state index < -0.39 is 0 Å². The molecule has 3 aromatic heterocycles. The molecule has 0 saturated carbocycles. The van der Waals surface area contributed by atoms with Crippen LogP contribution in [0.4, 0.5) is 17.1 Å². The number of carbonyl (C=O) groups excluding carboxylic acids is 1. The number of rotatable bonds is 7. The van der Waals surface area contributed by atoms with Crippen LogP contribution in [0.2, 0.25) is 0 Å². The lowest BCUT2D eigenvalue weighted by Gasteiger charge is -2.17. The molecule has 33 heavy (non-hydrogen) atoms. The number of nitrogens with one attached hydrogen (secondary N) is 2. The molecule has 0 fully saturated rings. The number of nitrogens with zero attached hydrogens (tertiary/aromatic N) is 5. The Morgan fingerprint density at radius 1 is 1.27 bits per heavy atom. The first-order chi connectivity index (χ1) is 15.8. The Labute approximate surface area is 191 Å². The van der Waals surface area contributed by atoms with Crippen LogP contribution in [0.25, 0.3) is 16.6 Å². The van der Waals surface area contributed by atoms with E-state index >= 15 is 0 Å². The summed E-state index contributed by atoms with van der Waals surface area (Å²) < 4.78 is 7.10. The highest BCUT2D eigenvalue weighted by Gasteiger charge is 2.17. The molecule has 3 heterocycles. The highest BCUT2D eigenvalue weighted by Crippen LogP contribution is 2.28. The molecule has 0 unspecified atom stereocenters. The SMILES string of the molecule is COc1ncc2c(NC[C@H](C)N)ccc(C(=O)Nc3cc(N(C)C)c4nc(C)cn4c3)c2n1. The molecular formula is C23H28N8O2. The molecule has 4 rings (SSSR count). The lowest BCUT2D eigenvalue weighted by molar-refractivity contribution is 0.102. The predicted octanol–water partition coefficient (Wildman–Crippen LogP) is 2.67. The van der Waals surface area contributed by atoms with Gasteiger partial charge in [-0.1, -0.05) is 0 Å². The molecule has 0 spiro atoms. The molecule has 10 heteroatoms. The first-order valence-electron chi connectivity index (χ1n) is 10.6.